The third-order valence-corrected chi connectivity index (χ3v) is 4.72. The Bertz CT molecular complexity index is 809. The number of aromatic nitrogens is 2. The summed E-state index contributed by atoms with van der Waals surface area (Å²) < 4.78 is 1.57. The number of nitrogens with one attached hydrogen (secondary N) is 4. The van der Waals surface area contributed by atoms with Crippen molar-refractivity contribution in [3.8, 4) is 11.3 Å². The van der Waals surface area contributed by atoms with E-state index in [1.165, 1.54) is 0 Å². The number of carbonyl (C=O) groups excluding carboxylic acids is 2. The first kappa shape index (κ1) is 19.2. The van der Waals surface area contributed by atoms with Crippen LogP contribution in [0.4, 0.5) is 10.6 Å². The van der Waals surface area contributed by atoms with Crippen molar-refractivity contribution in [2.24, 2.45) is 5.92 Å². The largest absolute Gasteiger partial charge is 0.337 e. The predicted molar refractivity (Wildman–Crippen MR) is 104 cm³/mol. The normalized spacial score (nSPS) is 22.2. The van der Waals surface area contributed by atoms with Gasteiger partial charge in [0.15, 0.2) is 6.29 Å². The van der Waals surface area contributed by atoms with Gasteiger partial charge in [0.1, 0.15) is 5.82 Å². The zero-order valence-corrected chi connectivity index (χ0v) is 16.0. The van der Waals surface area contributed by atoms with Crippen LogP contribution in [0.15, 0.2) is 36.4 Å². The Morgan fingerprint density at radius 1 is 1.30 bits per heavy atom. The Morgan fingerprint density at radius 2 is 2.04 bits per heavy atom. The highest BCUT2D eigenvalue weighted by atomic mass is 35.5. The number of benzene rings is 1. The predicted octanol–water partition coefficient (Wildman–Crippen LogP) is 2.11. The average molecular weight is 391 g/mol. The molecule has 0 bridgehead atoms. The van der Waals surface area contributed by atoms with Crippen LogP contribution in [0.3, 0.4) is 0 Å². The van der Waals surface area contributed by atoms with E-state index in [0.29, 0.717) is 23.9 Å². The molecule has 3 atom stereocenters. The number of halogens is 1. The van der Waals surface area contributed by atoms with E-state index in [-0.39, 0.29) is 23.9 Å². The summed E-state index contributed by atoms with van der Waals surface area (Å²) in [6.07, 6.45) is -0.565. The van der Waals surface area contributed by atoms with Crippen LogP contribution in [0.1, 0.15) is 20.1 Å². The molecular weight excluding hydrogens is 368 g/mol. The van der Waals surface area contributed by atoms with Crippen LogP contribution < -0.4 is 21.3 Å². The maximum absolute atomic E-state index is 12.2. The van der Waals surface area contributed by atoms with Gasteiger partial charge in [-0.15, -0.1) is 11.6 Å². The van der Waals surface area contributed by atoms with Gasteiger partial charge in [-0.25, -0.2) is 9.48 Å². The van der Waals surface area contributed by atoms with E-state index in [2.05, 4.69) is 26.4 Å². The number of urea groups is 1. The van der Waals surface area contributed by atoms with Gasteiger partial charge >= 0.3 is 6.03 Å². The Hall–Kier alpha value is -2.58. The number of hydrogen-bond acceptors (Lipinski definition) is 4. The van der Waals surface area contributed by atoms with Gasteiger partial charge < -0.3 is 10.6 Å². The SMILES string of the molecule is CC1NC(n2nc(-c3ccccc3)cc2NC(=O)NCCCl)NC(=O)C1C. The van der Waals surface area contributed by atoms with E-state index < -0.39 is 6.29 Å². The van der Waals surface area contributed by atoms with E-state index in [4.69, 9.17) is 11.6 Å². The van der Waals surface area contributed by atoms with Crippen LogP contribution in [0.2, 0.25) is 0 Å². The topological polar surface area (TPSA) is 100 Å². The summed E-state index contributed by atoms with van der Waals surface area (Å²) in [6, 6.07) is 11.0. The summed E-state index contributed by atoms with van der Waals surface area (Å²) in [7, 11) is 0. The van der Waals surface area contributed by atoms with Crippen molar-refractivity contribution in [3.63, 3.8) is 0 Å². The van der Waals surface area contributed by atoms with E-state index in [9.17, 15) is 9.59 Å². The van der Waals surface area contributed by atoms with Crippen molar-refractivity contribution in [2.45, 2.75) is 26.2 Å². The quantitative estimate of drug-likeness (QED) is 0.587. The molecule has 1 aliphatic heterocycles. The van der Waals surface area contributed by atoms with Gasteiger partial charge in [0.25, 0.3) is 0 Å². The van der Waals surface area contributed by atoms with Gasteiger partial charge in [0.2, 0.25) is 5.91 Å². The summed E-state index contributed by atoms with van der Waals surface area (Å²) in [5.41, 5.74) is 1.59. The Kier molecular flexibility index (Phi) is 5.98. The first-order valence-corrected chi connectivity index (χ1v) is 9.35. The van der Waals surface area contributed by atoms with Crippen LogP contribution >= 0.6 is 11.6 Å². The van der Waals surface area contributed by atoms with Crippen LogP contribution in [-0.2, 0) is 4.79 Å². The molecular formula is C18H23ClN6O2. The second-order valence-corrected chi connectivity index (χ2v) is 6.83. The van der Waals surface area contributed by atoms with Crippen molar-refractivity contribution < 1.29 is 9.59 Å². The molecule has 0 radical (unpaired) electrons. The van der Waals surface area contributed by atoms with Gasteiger partial charge in [0.05, 0.1) is 11.6 Å². The van der Waals surface area contributed by atoms with E-state index in [0.717, 1.165) is 5.56 Å². The van der Waals surface area contributed by atoms with Crippen molar-refractivity contribution >= 4 is 29.4 Å². The molecule has 3 amide bonds. The fourth-order valence-electron chi connectivity index (χ4n) is 2.82. The van der Waals surface area contributed by atoms with Gasteiger partial charge in [-0.2, -0.15) is 5.10 Å². The lowest BCUT2D eigenvalue weighted by Crippen LogP contribution is -2.57. The Morgan fingerprint density at radius 3 is 2.70 bits per heavy atom. The second-order valence-electron chi connectivity index (χ2n) is 6.45. The third-order valence-electron chi connectivity index (χ3n) is 4.53. The summed E-state index contributed by atoms with van der Waals surface area (Å²) in [6.45, 7) is 4.15. The molecule has 1 fully saturated rings. The fraction of sp³-hybridized carbons (Fsp3) is 0.389. The molecule has 1 aromatic carbocycles. The zero-order valence-electron chi connectivity index (χ0n) is 15.2. The first-order valence-electron chi connectivity index (χ1n) is 8.82. The van der Waals surface area contributed by atoms with Crippen LogP contribution in [0.5, 0.6) is 0 Å². The Labute approximate surface area is 162 Å². The van der Waals surface area contributed by atoms with Crippen LogP contribution in [0, 0.1) is 5.92 Å². The minimum atomic E-state index is -0.565. The molecule has 2 aromatic rings. The summed E-state index contributed by atoms with van der Waals surface area (Å²) in [4.78, 5) is 24.3. The van der Waals surface area contributed by atoms with Gasteiger partial charge in [-0.05, 0) is 6.92 Å². The highest BCUT2D eigenvalue weighted by Gasteiger charge is 2.32. The van der Waals surface area contributed by atoms with Gasteiger partial charge in [0, 0.05) is 30.1 Å². The maximum Gasteiger partial charge on any atom is 0.320 e. The molecule has 3 unspecified atom stereocenters. The zero-order chi connectivity index (χ0) is 19.4. The van der Waals surface area contributed by atoms with E-state index in [1.807, 2.05) is 44.2 Å². The number of nitrogens with zero attached hydrogens (tertiary/aromatic N) is 2. The van der Waals surface area contributed by atoms with Crippen LogP contribution in [-0.4, -0.2) is 40.2 Å². The van der Waals surface area contributed by atoms with Gasteiger partial charge in [-0.3, -0.25) is 15.4 Å². The molecule has 9 heteroatoms. The minimum Gasteiger partial charge on any atom is -0.337 e. The number of carbonyl (C=O) groups is 2. The molecule has 1 saturated heterocycles. The molecule has 144 valence electrons. The summed E-state index contributed by atoms with van der Waals surface area (Å²) in [5, 5.41) is 16.2. The number of alkyl halides is 1. The molecule has 8 nitrogen and oxygen atoms in total. The monoisotopic (exact) mass is 390 g/mol. The standard InChI is InChI=1S/C18H23ClN6O2/c1-11-12(2)21-17(23-16(11)26)25-15(22-18(27)20-9-8-19)10-14(24-25)13-6-4-3-5-7-13/h3-7,10-12,17,21H,8-9H2,1-2H3,(H,23,26)(H2,20,22,27). The summed E-state index contributed by atoms with van der Waals surface area (Å²) >= 11 is 5.61. The molecule has 0 aliphatic carbocycles. The number of hydrogen-bond donors (Lipinski definition) is 4. The molecule has 1 aliphatic rings. The van der Waals surface area contributed by atoms with E-state index >= 15 is 0 Å². The van der Waals surface area contributed by atoms with Crippen LogP contribution in [0.25, 0.3) is 11.3 Å². The summed E-state index contributed by atoms with van der Waals surface area (Å²) in [5.74, 6) is 0.548. The molecule has 3 rings (SSSR count). The van der Waals surface area contributed by atoms with Crippen molar-refractivity contribution in [3.05, 3.63) is 36.4 Å². The van der Waals surface area contributed by atoms with Crippen molar-refractivity contribution in [1.29, 1.82) is 0 Å². The van der Waals surface area contributed by atoms with E-state index in [1.54, 1.807) is 10.7 Å². The molecule has 27 heavy (non-hydrogen) atoms. The third kappa shape index (κ3) is 4.40. The molecule has 1 aromatic heterocycles. The Balaban J connectivity index is 1.91. The maximum atomic E-state index is 12.2. The van der Waals surface area contributed by atoms with Gasteiger partial charge in [-0.1, -0.05) is 37.3 Å². The number of anilines is 1. The lowest BCUT2D eigenvalue weighted by molar-refractivity contribution is -0.130. The molecule has 0 spiro atoms. The molecule has 4 N–H and O–H groups in total. The second kappa shape index (κ2) is 8.41. The van der Waals surface area contributed by atoms with Crippen molar-refractivity contribution in [1.82, 2.24) is 25.7 Å². The lowest BCUT2D eigenvalue weighted by atomic mass is 10.0. The smallest absolute Gasteiger partial charge is 0.320 e. The number of amides is 3. The highest BCUT2D eigenvalue weighted by molar-refractivity contribution is 6.18. The van der Waals surface area contributed by atoms with Crippen molar-refractivity contribution in [2.75, 3.05) is 17.7 Å². The highest BCUT2D eigenvalue weighted by Crippen LogP contribution is 2.25. The number of rotatable bonds is 5. The molecule has 0 saturated carbocycles. The minimum absolute atomic E-state index is 0.0361. The fourth-order valence-corrected chi connectivity index (χ4v) is 2.91. The first-order chi connectivity index (χ1) is 13.0. The average Bonchev–Trinajstić information content (AvgIpc) is 3.08. The molecule has 2 heterocycles. The lowest BCUT2D eigenvalue weighted by Gasteiger charge is -2.34.